The van der Waals surface area contributed by atoms with Crippen molar-refractivity contribution >= 4 is 28.1 Å². The van der Waals surface area contributed by atoms with Crippen molar-refractivity contribution in [2.75, 3.05) is 62.3 Å². The summed E-state index contributed by atoms with van der Waals surface area (Å²) in [5.74, 6) is 0.741. The summed E-state index contributed by atoms with van der Waals surface area (Å²) in [5, 5.41) is 2.36. The zero-order chi connectivity index (χ0) is 21.1. The van der Waals surface area contributed by atoms with Crippen molar-refractivity contribution in [3.63, 3.8) is 0 Å². The van der Waals surface area contributed by atoms with Crippen LogP contribution in [0.5, 0.6) is 0 Å². The average molecular weight is 410 g/mol. The molecule has 0 bridgehead atoms. The number of nitrogens with zero attached hydrogens (tertiary/aromatic N) is 3. The van der Waals surface area contributed by atoms with Crippen LogP contribution in [0.2, 0.25) is 0 Å². The van der Waals surface area contributed by atoms with E-state index in [1.807, 2.05) is 17.0 Å². The largest absolute Gasteiger partial charge is 0.380 e. The Hall–Kier alpha value is -2.11. The van der Waals surface area contributed by atoms with Crippen LogP contribution in [0, 0.1) is 5.92 Å². The van der Waals surface area contributed by atoms with Gasteiger partial charge in [0.25, 0.3) is 5.91 Å². The predicted octanol–water partition coefficient (Wildman–Crippen LogP) is 4.39. The van der Waals surface area contributed by atoms with Crippen LogP contribution >= 0.6 is 0 Å². The Bertz CT molecular complexity index is 895. The molecule has 2 aliphatic rings. The van der Waals surface area contributed by atoms with E-state index in [1.54, 1.807) is 0 Å². The lowest BCUT2D eigenvalue weighted by atomic mass is 10.0. The molecule has 1 amide bonds. The molecule has 2 aliphatic heterocycles. The molecule has 5 heteroatoms. The van der Waals surface area contributed by atoms with Crippen molar-refractivity contribution < 1.29 is 9.53 Å². The third kappa shape index (κ3) is 4.19. The maximum absolute atomic E-state index is 13.1. The molecule has 1 fully saturated rings. The van der Waals surface area contributed by atoms with E-state index in [1.165, 1.54) is 11.1 Å². The van der Waals surface area contributed by atoms with Gasteiger partial charge in [-0.3, -0.25) is 9.69 Å². The average Bonchev–Trinajstić information content (AvgIpc) is 2.88. The quantitative estimate of drug-likeness (QED) is 0.606. The second-order valence-electron chi connectivity index (χ2n) is 8.85. The minimum Gasteiger partial charge on any atom is -0.380 e. The van der Waals surface area contributed by atoms with E-state index in [2.05, 4.69) is 48.8 Å². The number of hydrogen-bond donors (Lipinski definition) is 0. The van der Waals surface area contributed by atoms with Gasteiger partial charge in [-0.05, 0) is 50.4 Å². The summed E-state index contributed by atoms with van der Waals surface area (Å²) in [6.45, 7) is 14.1. The molecule has 1 saturated heterocycles. The van der Waals surface area contributed by atoms with E-state index < -0.39 is 0 Å². The van der Waals surface area contributed by atoms with E-state index in [0.717, 1.165) is 82.0 Å². The lowest BCUT2D eigenvalue weighted by Gasteiger charge is -2.26. The fourth-order valence-electron chi connectivity index (χ4n) is 4.69. The third-order valence-corrected chi connectivity index (χ3v) is 6.38. The number of rotatable bonds is 8. The number of anilines is 2. The minimum atomic E-state index is 0.159. The maximum atomic E-state index is 13.1. The lowest BCUT2D eigenvalue weighted by Crippen LogP contribution is -2.33. The first-order valence-electron chi connectivity index (χ1n) is 11.5. The van der Waals surface area contributed by atoms with Crippen LogP contribution in [0.3, 0.4) is 0 Å². The van der Waals surface area contributed by atoms with E-state index >= 15 is 0 Å². The Labute approximate surface area is 180 Å². The summed E-state index contributed by atoms with van der Waals surface area (Å²) < 4.78 is 5.54. The van der Waals surface area contributed by atoms with Gasteiger partial charge in [-0.2, -0.15) is 0 Å². The summed E-state index contributed by atoms with van der Waals surface area (Å²) in [6.07, 6.45) is 2.17. The first-order chi connectivity index (χ1) is 14.6. The molecule has 0 N–H and O–H groups in total. The van der Waals surface area contributed by atoms with Gasteiger partial charge in [0.05, 0.1) is 12.3 Å². The monoisotopic (exact) mass is 409 g/mol. The Morgan fingerprint density at radius 2 is 1.83 bits per heavy atom. The third-order valence-electron chi connectivity index (χ3n) is 6.38. The number of carbonyl (C=O) groups excluding carboxylic acids is 1. The van der Waals surface area contributed by atoms with E-state index in [4.69, 9.17) is 4.74 Å². The summed E-state index contributed by atoms with van der Waals surface area (Å²) in [5.41, 5.74) is 3.21. The lowest BCUT2D eigenvalue weighted by molar-refractivity contribution is 0.0992. The van der Waals surface area contributed by atoms with Crippen LogP contribution in [0.1, 0.15) is 44.0 Å². The van der Waals surface area contributed by atoms with E-state index in [9.17, 15) is 4.79 Å². The van der Waals surface area contributed by atoms with Gasteiger partial charge in [-0.1, -0.05) is 26.0 Å². The van der Waals surface area contributed by atoms with Gasteiger partial charge in [0.2, 0.25) is 0 Å². The molecule has 0 atom stereocenters. The molecule has 4 rings (SSSR count). The second-order valence-corrected chi connectivity index (χ2v) is 8.85. The molecule has 2 heterocycles. The van der Waals surface area contributed by atoms with Crippen LogP contribution < -0.4 is 9.80 Å². The smallest absolute Gasteiger partial charge is 0.258 e. The molecule has 0 saturated carbocycles. The summed E-state index contributed by atoms with van der Waals surface area (Å²) in [7, 11) is 0. The van der Waals surface area contributed by atoms with Crippen molar-refractivity contribution in [3.05, 3.63) is 35.9 Å². The molecule has 2 aromatic rings. The summed E-state index contributed by atoms with van der Waals surface area (Å²) >= 11 is 0. The van der Waals surface area contributed by atoms with Crippen molar-refractivity contribution in [3.8, 4) is 0 Å². The highest BCUT2D eigenvalue weighted by Crippen LogP contribution is 2.42. The molecule has 30 heavy (non-hydrogen) atoms. The van der Waals surface area contributed by atoms with E-state index in [-0.39, 0.29) is 5.91 Å². The molecule has 0 aliphatic carbocycles. The number of carbonyl (C=O) groups is 1. The van der Waals surface area contributed by atoms with Gasteiger partial charge in [0, 0.05) is 61.4 Å². The molecular weight excluding hydrogens is 374 g/mol. The Morgan fingerprint density at radius 1 is 1.00 bits per heavy atom. The molecule has 2 aromatic carbocycles. The summed E-state index contributed by atoms with van der Waals surface area (Å²) in [4.78, 5) is 20.1. The minimum absolute atomic E-state index is 0.159. The van der Waals surface area contributed by atoms with Crippen molar-refractivity contribution in [1.29, 1.82) is 0 Å². The van der Waals surface area contributed by atoms with Gasteiger partial charge in [-0.15, -0.1) is 0 Å². The number of hydrogen-bond acceptors (Lipinski definition) is 4. The molecule has 0 radical (unpaired) electrons. The van der Waals surface area contributed by atoms with Crippen LogP contribution in [0.15, 0.2) is 30.3 Å². The van der Waals surface area contributed by atoms with Crippen molar-refractivity contribution in [1.82, 2.24) is 4.90 Å². The standard InChI is InChI=1S/C25H35N3O2/c1-4-30-18-17-26-12-6-13-27(16-15-26)22-9-10-23-24-20(22)7-5-8-21(24)25(29)28(23)14-11-19(2)3/h5,7-10,19H,4,6,11-18H2,1-3H3. The Morgan fingerprint density at radius 3 is 2.63 bits per heavy atom. The first kappa shape index (κ1) is 21.1. The topological polar surface area (TPSA) is 36.0 Å². The highest BCUT2D eigenvalue weighted by atomic mass is 16.5. The van der Waals surface area contributed by atoms with Gasteiger partial charge in [0.15, 0.2) is 0 Å². The normalized spacial score (nSPS) is 17.4. The number of amides is 1. The predicted molar refractivity (Wildman–Crippen MR) is 125 cm³/mol. The van der Waals surface area contributed by atoms with Gasteiger partial charge >= 0.3 is 0 Å². The van der Waals surface area contributed by atoms with E-state index in [0.29, 0.717) is 5.92 Å². The zero-order valence-electron chi connectivity index (χ0n) is 18.7. The molecule has 162 valence electrons. The van der Waals surface area contributed by atoms with Crippen LogP contribution in [0.25, 0.3) is 10.8 Å². The Kier molecular flexibility index (Phi) is 6.59. The summed E-state index contributed by atoms with van der Waals surface area (Å²) in [6, 6.07) is 10.6. The molecule has 0 aromatic heterocycles. The number of benzene rings is 2. The molecular formula is C25H35N3O2. The molecule has 0 unspecified atom stereocenters. The SMILES string of the molecule is CCOCCN1CCCN(c2ccc3c4c(cccc24)C(=O)N3CCC(C)C)CC1. The second kappa shape index (κ2) is 9.36. The molecule has 5 nitrogen and oxygen atoms in total. The van der Waals surface area contributed by atoms with Crippen LogP contribution in [-0.4, -0.2) is 63.3 Å². The molecule has 0 spiro atoms. The fourth-order valence-corrected chi connectivity index (χ4v) is 4.69. The van der Waals surface area contributed by atoms with Crippen molar-refractivity contribution in [2.24, 2.45) is 5.92 Å². The maximum Gasteiger partial charge on any atom is 0.258 e. The van der Waals surface area contributed by atoms with Crippen LogP contribution in [-0.2, 0) is 4.74 Å². The van der Waals surface area contributed by atoms with Crippen molar-refractivity contribution in [2.45, 2.75) is 33.6 Å². The van der Waals surface area contributed by atoms with Gasteiger partial charge < -0.3 is 14.5 Å². The van der Waals surface area contributed by atoms with Gasteiger partial charge in [0.1, 0.15) is 0 Å². The highest BCUT2D eigenvalue weighted by Gasteiger charge is 2.31. The zero-order valence-corrected chi connectivity index (χ0v) is 18.7. The number of ether oxygens (including phenoxy) is 1. The van der Waals surface area contributed by atoms with Gasteiger partial charge in [-0.25, -0.2) is 0 Å². The van der Waals surface area contributed by atoms with Crippen LogP contribution in [0.4, 0.5) is 11.4 Å². The Balaban J connectivity index is 1.58. The highest BCUT2D eigenvalue weighted by molar-refractivity contribution is 6.26. The first-order valence-corrected chi connectivity index (χ1v) is 11.5. The fraction of sp³-hybridized carbons (Fsp3) is 0.560.